The van der Waals surface area contributed by atoms with E-state index >= 15 is 0 Å². The fraction of sp³-hybridized carbons (Fsp3) is 0.333. The van der Waals surface area contributed by atoms with Gasteiger partial charge in [0.1, 0.15) is 6.54 Å². The van der Waals surface area contributed by atoms with Crippen LogP contribution in [0.1, 0.15) is 19.4 Å². The van der Waals surface area contributed by atoms with Crippen molar-refractivity contribution in [3.05, 3.63) is 63.5 Å². The number of nitrogens with one attached hydrogen (secondary N) is 1. The fourth-order valence-corrected chi connectivity index (χ4v) is 4.23. The number of aromatic nitrogens is 1. The lowest BCUT2D eigenvalue weighted by molar-refractivity contribution is -0.121. The highest BCUT2D eigenvalue weighted by molar-refractivity contribution is 7.89. The summed E-state index contributed by atoms with van der Waals surface area (Å²) < 4.78 is 27.5. The zero-order valence-electron chi connectivity index (χ0n) is 15.2. The van der Waals surface area contributed by atoms with Gasteiger partial charge < -0.3 is 9.88 Å². The van der Waals surface area contributed by atoms with Crippen molar-refractivity contribution in [3.63, 3.8) is 0 Å². The smallest absolute Gasteiger partial charge is 0.251 e. The van der Waals surface area contributed by atoms with Crippen LogP contribution in [-0.2, 0) is 27.9 Å². The molecular formula is C18H22ClN3O4S. The molecule has 1 aromatic carbocycles. The summed E-state index contributed by atoms with van der Waals surface area (Å²) in [4.78, 5) is 24.2. The van der Waals surface area contributed by atoms with Crippen molar-refractivity contribution in [2.75, 3.05) is 13.1 Å². The highest BCUT2D eigenvalue weighted by Gasteiger charge is 2.22. The van der Waals surface area contributed by atoms with Crippen molar-refractivity contribution in [1.82, 2.24) is 14.2 Å². The minimum Gasteiger partial charge on any atom is -0.350 e. The minimum atomic E-state index is -3.71. The molecule has 1 N–H and O–H groups in total. The molecule has 146 valence electrons. The van der Waals surface area contributed by atoms with Gasteiger partial charge >= 0.3 is 0 Å². The second kappa shape index (κ2) is 9.16. The SMILES string of the molecule is CCN(CC)S(=O)(=O)c1ccc(=O)n(CC(=O)NCc2ccccc2Cl)c1. The molecule has 0 aliphatic rings. The van der Waals surface area contributed by atoms with Crippen LogP contribution in [0.5, 0.6) is 0 Å². The maximum absolute atomic E-state index is 12.6. The monoisotopic (exact) mass is 411 g/mol. The number of halogens is 1. The Labute approximate surface area is 163 Å². The van der Waals surface area contributed by atoms with Gasteiger partial charge in [0.25, 0.3) is 5.56 Å². The minimum absolute atomic E-state index is 0.0234. The molecule has 1 heterocycles. The van der Waals surface area contributed by atoms with Gasteiger partial charge in [-0.05, 0) is 17.7 Å². The highest BCUT2D eigenvalue weighted by Crippen LogP contribution is 2.15. The molecule has 0 radical (unpaired) electrons. The van der Waals surface area contributed by atoms with Crippen LogP contribution < -0.4 is 10.9 Å². The summed E-state index contributed by atoms with van der Waals surface area (Å²) in [6, 6.07) is 9.50. The topological polar surface area (TPSA) is 88.5 Å². The van der Waals surface area contributed by atoms with Crippen LogP contribution in [-0.4, -0.2) is 36.3 Å². The number of rotatable bonds is 8. The first kappa shape index (κ1) is 21.1. The lowest BCUT2D eigenvalue weighted by Crippen LogP contribution is -2.34. The molecule has 0 atom stereocenters. The number of carbonyl (C=O) groups excluding carboxylic acids is 1. The largest absolute Gasteiger partial charge is 0.350 e. The number of nitrogens with zero attached hydrogens (tertiary/aromatic N) is 2. The predicted molar refractivity (Wildman–Crippen MR) is 104 cm³/mol. The Morgan fingerprint density at radius 1 is 1.15 bits per heavy atom. The van der Waals surface area contributed by atoms with Gasteiger partial charge in [0.2, 0.25) is 15.9 Å². The molecule has 0 bridgehead atoms. The zero-order valence-corrected chi connectivity index (χ0v) is 16.8. The number of amides is 1. The summed E-state index contributed by atoms with van der Waals surface area (Å²) in [5, 5.41) is 3.21. The van der Waals surface area contributed by atoms with E-state index in [9.17, 15) is 18.0 Å². The molecule has 0 saturated heterocycles. The van der Waals surface area contributed by atoms with Gasteiger partial charge in [-0.25, -0.2) is 8.42 Å². The summed E-state index contributed by atoms with van der Waals surface area (Å²) in [5.74, 6) is -0.422. The van der Waals surface area contributed by atoms with E-state index < -0.39 is 21.5 Å². The van der Waals surface area contributed by atoms with E-state index in [1.54, 1.807) is 38.1 Å². The Balaban J connectivity index is 2.16. The van der Waals surface area contributed by atoms with E-state index in [1.165, 1.54) is 16.6 Å². The van der Waals surface area contributed by atoms with Crippen LogP contribution in [0.4, 0.5) is 0 Å². The highest BCUT2D eigenvalue weighted by atomic mass is 35.5. The summed E-state index contributed by atoms with van der Waals surface area (Å²) in [7, 11) is -3.71. The third-order valence-corrected chi connectivity index (χ3v) is 6.45. The molecule has 2 rings (SSSR count). The second-order valence-corrected chi connectivity index (χ2v) is 8.13. The fourth-order valence-electron chi connectivity index (χ4n) is 2.54. The first-order valence-corrected chi connectivity index (χ1v) is 10.3. The van der Waals surface area contributed by atoms with E-state index in [-0.39, 0.29) is 18.0 Å². The molecule has 1 amide bonds. The van der Waals surface area contributed by atoms with Crippen molar-refractivity contribution in [3.8, 4) is 0 Å². The Morgan fingerprint density at radius 2 is 1.81 bits per heavy atom. The number of sulfonamides is 1. The van der Waals surface area contributed by atoms with Crippen molar-refractivity contribution in [1.29, 1.82) is 0 Å². The van der Waals surface area contributed by atoms with Gasteiger partial charge in [0.05, 0.1) is 4.90 Å². The Hall–Kier alpha value is -2.16. The van der Waals surface area contributed by atoms with Gasteiger partial charge in [-0.3, -0.25) is 9.59 Å². The van der Waals surface area contributed by atoms with Crippen molar-refractivity contribution in [2.24, 2.45) is 0 Å². The first-order valence-electron chi connectivity index (χ1n) is 8.50. The first-order chi connectivity index (χ1) is 12.8. The third-order valence-electron chi connectivity index (χ3n) is 4.05. The van der Waals surface area contributed by atoms with E-state index in [4.69, 9.17) is 11.6 Å². The van der Waals surface area contributed by atoms with Crippen LogP contribution in [0.3, 0.4) is 0 Å². The molecule has 0 fully saturated rings. The maximum Gasteiger partial charge on any atom is 0.251 e. The number of benzene rings is 1. The molecule has 0 unspecified atom stereocenters. The summed E-state index contributed by atoms with van der Waals surface area (Å²) in [6.07, 6.45) is 1.20. The molecule has 0 aliphatic carbocycles. The Kier molecular flexibility index (Phi) is 7.18. The normalized spacial score (nSPS) is 11.6. The zero-order chi connectivity index (χ0) is 20.0. The number of hydrogen-bond acceptors (Lipinski definition) is 4. The molecule has 2 aromatic rings. The molecule has 7 nitrogen and oxygen atoms in total. The quantitative estimate of drug-likeness (QED) is 0.717. The summed E-state index contributed by atoms with van der Waals surface area (Å²) in [6.45, 7) is 4.03. The predicted octanol–water partition coefficient (Wildman–Crippen LogP) is 1.85. The van der Waals surface area contributed by atoms with Crippen molar-refractivity contribution in [2.45, 2.75) is 31.8 Å². The number of carbonyl (C=O) groups is 1. The number of pyridine rings is 1. The molecule has 9 heteroatoms. The maximum atomic E-state index is 12.6. The lowest BCUT2D eigenvalue weighted by Gasteiger charge is -2.19. The molecule has 0 spiro atoms. The van der Waals surface area contributed by atoms with Gasteiger partial charge in [0, 0.05) is 36.9 Å². The van der Waals surface area contributed by atoms with Crippen LogP contribution in [0, 0.1) is 0 Å². The Bertz CT molecular complexity index is 969. The summed E-state index contributed by atoms with van der Waals surface area (Å²) in [5.41, 5.74) is 0.291. The molecule has 0 saturated carbocycles. The van der Waals surface area contributed by atoms with Crippen LogP contribution in [0.15, 0.2) is 52.3 Å². The molecule has 0 aliphatic heterocycles. The second-order valence-electron chi connectivity index (χ2n) is 5.79. The third kappa shape index (κ3) is 5.18. The van der Waals surface area contributed by atoms with E-state index in [2.05, 4.69) is 5.32 Å². The Morgan fingerprint density at radius 3 is 2.44 bits per heavy atom. The van der Waals surface area contributed by atoms with Crippen LogP contribution >= 0.6 is 11.6 Å². The average molecular weight is 412 g/mol. The van der Waals surface area contributed by atoms with Gasteiger partial charge in [0.15, 0.2) is 0 Å². The number of hydrogen-bond donors (Lipinski definition) is 1. The standard InChI is InChI=1S/C18H22ClN3O4S/c1-3-22(4-2)27(25,26)15-9-10-18(24)21(12-15)13-17(23)20-11-14-7-5-6-8-16(14)19/h5-10,12H,3-4,11,13H2,1-2H3,(H,20,23). The van der Waals surface area contributed by atoms with Crippen LogP contribution in [0.25, 0.3) is 0 Å². The van der Waals surface area contributed by atoms with Crippen LogP contribution in [0.2, 0.25) is 5.02 Å². The van der Waals surface area contributed by atoms with E-state index in [0.29, 0.717) is 18.1 Å². The summed E-state index contributed by atoms with van der Waals surface area (Å²) >= 11 is 6.04. The average Bonchev–Trinajstić information content (AvgIpc) is 2.63. The molecule has 27 heavy (non-hydrogen) atoms. The van der Waals surface area contributed by atoms with E-state index in [0.717, 1.165) is 16.2 Å². The van der Waals surface area contributed by atoms with Crippen molar-refractivity contribution < 1.29 is 13.2 Å². The van der Waals surface area contributed by atoms with Gasteiger partial charge in [-0.1, -0.05) is 43.6 Å². The van der Waals surface area contributed by atoms with E-state index in [1.807, 2.05) is 0 Å². The van der Waals surface area contributed by atoms with Gasteiger partial charge in [-0.2, -0.15) is 4.31 Å². The molecule has 1 aromatic heterocycles. The lowest BCUT2D eigenvalue weighted by atomic mass is 10.2. The van der Waals surface area contributed by atoms with Gasteiger partial charge in [-0.15, -0.1) is 0 Å². The van der Waals surface area contributed by atoms with Crippen molar-refractivity contribution >= 4 is 27.5 Å². The molecular weight excluding hydrogens is 390 g/mol.